The Morgan fingerprint density at radius 3 is 2.35 bits per heavy atom. The van der Waals surface area contributed by atoms with Crippen LogP contribution in [-0.2, 0) is 14.9 Å². The maximum Gasteiger partial charge on any atom is 0.294 e. The number of benzene rings is 2. The summed E-state index contributed by atoms with van der Waals surface area (Å²) in [4.78, 5) is 13.4. The van der Waals surface area contributed by atoms with Gasteiger partial charge in [0.1, 0.15) is 0 Å². The van der Waals surface area contributed by atoms with E-state index in [1.807, 2.05) is 0 Å². The fourth-order valence-electron chi connectivity index (χ4n) is 1.49. The molecule has 0 spiro atoms. The van der Waals surface area contributed by atoms with Gasteiger partial charge in [-0.05, 0) is 35.0 Å². The summed E-state index contributed by atoms with van der Waals surface area (Å²) in [5.41, 5.74) is 0.437. The van der Waals surface area contributed by atoms with E-state index in [9.17, 15) is 13.2 Å². The molecule has 0 saturated carbocycles. The van der Waals surface area contributed by atoms with Crippen LogP contribution in [0.1, 0.15) is 0 Å². The molecule has 0 aliphatic heterocycles. The number of rotatable bonds is 2. The highest BCUT2D eigenvalue weighted by Crippen LogP contribution is 2.23. The van der Waals surface area contributed by atoms with Gasteiger partial charge < -0.3 is 0 Å². The highest BCUT2D eigenvalue weighted by atomic mass is 32.2. The van der Waals surface area contributed by atoms with Crippen LogP contribution < -0.4 is 0 Å². The summed E-state index contributed by atoms with van der Waals surface area (Å²) >= 11 is 0. The third-order valence-electron chi connectivity index (χ3n) is 2.27. The molecule has 1 N–H and O–H groups in total. The fraction of sp³-hybridized carbons (Fsp3) is 0. The van der Waals surface area contributed by atoms with Gasteiger partial charge in [0, 0.05) is 0 Å². The number of fused-ring (bicyclic) bond motifs is 1. The molecule has 0 aliphatic rings. The van der Waals surface area contributed by atoms with Gasteiger partial charge in [-0.1, -0.05) is 12.1 Å². The maximum absolute atomic E-state index is 10.9. The molecule has 17 heavy (non-hydrogen) atoms. The van der Waals surface area contributed by atoms with E-state index in [4.69, 9.17) is 4.55 Å². The molecule has 2 aromatic rings. The van der Waals surface area contributed by atoms with E-state index in [0.29, 0.717) is 16.5 Å². The number of hydrogen-bond acceptors (Lipinski definition) is 4. The lowest BCUT2D eigenvalue weighted by molar-refractivity contribution is 0.483. The minimum Gasteiger partial charge on any atom is -0.282 e. The first kappa shape index (κ1) is 11.5. The van der Waals surface area contributed by atoms with Crippen LogP contribution in [0.2, 0.25) is 0 Å². The van der Waals surface area contributed by atoms with Crippen LogP contribution in [0.4, 0.5) is 5.69 Å². The third-order valence-corrected chi connectivity index (χ3v) is 3.12. The molecule has 0 fully saturated rings. The van der Waals surface area contributed by atoms with Crippen molar-refractivity contribution >= 4 is 32.7 Å². The first-order valence-corrected chi connectivity index (χ1v) is 6.04. The van der Waals surface area contributed by atoms with Gasteiger partial charge in [0.15, 0.2) is 0 Å². The van der Waals surface area contributed by atoms with E-state index in [2.05, 4.69) is 4.99 Å². The average molecular weight is 249 g/mol. The summed E-state index contributed by atoms with van der Waals surface area (Å²) in [5, 5.41) is 1.35. The standard InChI is InChI=1S/C11H7NO4S/c13-7-12-10-3-1-9-6-11(17(14,15)16)4-2-8(9)5-10/h1-6H,(H,14,15,16). The monoisotopic (exact) mass is 249 g/mol. The SMILES string of the molecule is O=C=Nc1ccc2cc(S(=O)(=O)O)ccc2c1. The van der Waals surface area contributed by atoms with Gasteiger partial charge in [0.2, 0.25) is 6.08 Å². The van der Waals surface area contributed by atoms with E-state index in [-0.39, 0.29) is 4.90 Å². The van der Waals surface area contributed by atoms with Crippen LogP contribution in [0.25, 0.3) is 10.8 Å². The second kappa shape index (κ2) is 4.10. The van der Waals surface area contributed by atoms with E-state index in [0.717, 1.165) is 0 Å². The fourth-order valence-corrected chi connectivity index (χ4v) is 2.01. The second-order valence-corrected chi connectivity index (χ2v) is 4.79. The molecule has 0 aromatic heterocycles. The quantitative estimate of drug-likeness (QED) is 0.501. The minimum atomic E-state index is -4.20. The lowest BCUT2D eigenvalue weighted by atomic mass is 10.1. The van der Waals surface area contributed by atoms with Crippen LogP contribution in [0.3, 0.4) is 0 Å². The molecule has 0 bridgehead atoms. The largest absolute Gasteiger partial charge is 0.294 e. The Balaban J connectivity index is 2.66. The number of hydrogen-bond donors (Lipinski definition) is 1. The third kappa shape index (κ3) is 2.39. The predicted molar refractivity (Wildman–Crippen MR) is 61.5 cm³/mol. The van der Waals surface area contributed by atoms with E-state index >= 15 is 0 Å². The Morgan fingerprint density at radius 2 is 1.71 bits per heavy atom. The molecule has 86 valence electrons. The molecule has 2 aromatic carbocycles. The van der Waals surface area contributed by atoms with Crippen molar-refractivity contribution in [2.75, 3.05) is 0 Å². The zero-order chi connectivity index (χ0) is 12.5. The Hall–Kier alpha value is -2.01. The summed E-state index contributed by atoms with van der Waals surface area (Å²) in [5.74, 6) is 0. The Kier molecular flexibility index (Phi) is 2.77. The van der Waals surface area contributed by atoms with Crippen LogP contribution in [0, 0.1) is 0 Å². The number of isocyanates is 1. The molecule has 0 amide bonds. The first-order valence-electron chi connectivity index (χ1n) is 4.60. The molecular formula is C11H7NO4S. The number of aliphatic imine (C=N–C) groups is 1. The highest BCUT2D eigenvalue weighted by Gasteiger charge is 2.09. The van der Waals surface area contributed by atoms with E-state index in [1.54, 1.807) is 18.2 Å². The number of carbonyl (C=O) groups excluding carboxylic acids is 1. The van der Waals surface area contributed by atoms with Gasteiger partial charge in [-0.3, -0.25) is 4.55 Å². The van der Waals surface area contributed by atoms with Gasteiger partial charge in [-0.25, -0.2) is 4.79 Å². The van der Waals surface area contributed by atoms with Crippen molar-refractivity contribution in [2.24, 2.45) is 4.99 Å². The second-order valence-electron chi connectivity index (χ2n) is 3.37. The minimum absolute atomic E-state index is 0.170. The van der Waals surface area contributed by atoms with Crippen LogP contribution in [0.15, 0.2) is 46.3 Å². The summed E-state index contributed by atoms with van der Waals surface area (Å²) in [6.45, 7) is 0. The van der Waals surface area contributed by atoms with Gasteiger partial charge in [0.05, 0.1) is 10.6 Å². The van der Waals surface area contributed by atoms with Gasteiger partial charge >= 0.3 is 0 Å². The smallest absolute Gasteiger partial charge is 0.282 e. The van der Waals surface area contributed by atoms with Crippen LogP contribution >= 0.6 is 0 Å². The molecule has 0 heterocycles. The van der Waals surface area contributed by atoms with Gasteiger partial charge in [-0.2, -0.15) is 13.4 Å². The van der Waals surface area contributed by atoms with Crippen molar-refractivity contribution in [3.8, 4) is 0 Å². The molecule has 0 saturated heterocycles. The normalized spacial score (nSPS) is 11.1. The zero-order valence-corrected chi connectivity index (χ0v) is 9.31. The first-order chi connectivity index (χ1) is 8.00. The summed E-state index contributed by atoms with van der Waals surface area (Å²) in [7, 11) is -4.20. The van der Waals surface area contributed by atoms with Crippen molar-refractivity contribution in [1.29, 1.82) is 0 Å². The summed E-state index contributed by atoms with van der Waals surface area (Å²) in [6.07, 6.45) is 1.42. The topological polar surface area (TPSA) is 83.8 Å². The Bertz CT molecular complexity index is 730. The maximum atomic E-state index is 10.9. The summed E-state index contributed by atoms with van der Waals surface area (Å²) in [6, 6.07) is 8.95. The molecule has 0 unspecified atom stereocenters. The highest BCUT2D eigenvalue weighted by molar-refractivity contribution is 7.85. The van der Waals surface area contributed by atoms with Crippen molar-refractivity contribution in [2.45, 2.75) is 4.90 Å². The average Bonchev–Trinajstić information content (AvgIpc) is 2.27. The lowest BCUT2D eigenvalue weighted by Gasteiger charge is -2.01. The summed E-state index contributed by atoms with van der Waals surface area (Å²) < 4.78 is 30.8. The number of nitrogens with zero attached hydrogens (tertiary/aromatic N) is 1. The van der Waals surface area contributed by atoms with Gasteiger partial charge in [-0.15, -0.1) is 0 Å². The zero-order valence-electron chi connectivity index (χ0n) is 8.49. The van der Waals surface area contributed by atoms with Crippen LogP contribution in [0.5, 0.6) is 0 Å². The van der Waals surface area contributed by atoms with Gasteiger partial charge in [0.25, 0.3) is 10.1 Å². The molecule has 5 nitrogen and oxygen atoms in total. The molecule has 0 radical (unpaired) electrons. The van der Waals surface area contributed by atoms with E-state index < -0.39 is 10.1 Å². The molecule has 6 heteroatoms. The Labute approximate surface area is 97.2 Å². The van der Waals surface area contributed by atoms with Crippen molar-refractivity contribution < 1.29 is 17.8 Å². The predicted octanol–water partition coefficient (Wildman–Crippen LogP) is 2.05. The molecule has 0 aliphatic carbocycles. The van der Waals surface area contributed by atoms with Crippen molar-refractivity contribution in [1.82, 2.24) is 0 Å². The van der Waals surface area contributed by atoms with Crippen LogP contribution in [-0.4, -0.2) is 19.1 Å². The van der Waals surface area contributed by atoms with Crippen molar-refractivity contribution in [3.05, 3.63) is 36.4 Å². The Morgan fingerprint density at radius 1 is 1.06 bits per heavy atom. The molecule has 0 atom stereocenters. The lowest BCUT2D eigenvalue weighted by Crippen LogP contribution is -1.97. The van der Waals surface area contributed by atoms with E-state index in [1.165, 1.54) is 24.3 Å². The molecular weight excluding hydrogens is 242 g/mol. The molecule has 2 rings (SSSR count). The van der Waals surface area contributed by atoms with Crippen molar-refractivity contribution in [3.63, 3.8) is 0 Å².